The van der Waals surface area contributed by atoms with E-state index in [0.717, 1.165) is 18.7 Å². The van der Waals surface area contributed by atoms with Crippen molar-refractivity contribution in [3.63, 3.8) is 0 Å². The molecule has 0 amide bonds. The fraction of sp³-hybridized carbons (Fsp3) is 0.350. The van der Waals surface area contributed by atoms with Crippen molar-refractivity contribution in [2.24, 2.45) is 0 Å². The van der Waals surface area contributed by atoms with Crippen LogP contribution < -0.4 is 0 Å². The predicted molar refractivity (Wildman–Crippen MR) is 101 cm³/mol. The van der Waals surface area contributed by atoms with Gasteiger partial charge < -0.3 is 4.90 Å². The summed E-state index contributed by atoms with van der Waals surface area (Å²) in [5.41, 5.74) is 3.94. The SMILES string of the molecule is Cc1ccc2c([C@H](C)c3ccccn3)c(CCN(C)C)sc2c1. The minimum atomic E-state index is 0.324. The molecule has 0 N–H and O–H groups in total. The van der Waals surface area contributed by atoms with E-state index in [4.69, 9.17) is 0 Å². The summed E-state index contributed by atoms with van der Waals surface area (Å²) in [7, 11) is 4.28. The van der Waals surface area contributed by atoms with Gasteiger partial charge in [-0.25, -0.2) is 0 Å². The maximum atomic E-state index is 4.59. The van der Waals surface area contributed by atoms with Crippen LogP contribution in [0, 0.1) is 6.92 Å². The van der Waals surface area contributed by atoms with Gasteiger partial charge in [-0.05, 0) is 62.2 Å². The van der Waals surface area contributed by atoms with Crippen LogP contribution in [0.5, 0.6) is 0 Å². The van der Waals surface area contributed by atoms with Crippen LogP contribution in [0.15, 0.2) is 42.6 Å². The highest BCUT2D eigenvalue weighted by Gasteiger charge is 2.20. The van der Waals surface area contributed by atoms with Gasteiger partial charge in [0.15, 0.2) is 0 Å². The summed E-state index contributed by atoms with van der Waals surface area (Å²) in [5, 5.41) is 1.40. The van der Waals surface area contributed by atoms with E-state index >= 15 is 0 Å². The lowest BCUT2D eigenvalue weighted by Gasteiger charge is -2.15. The first-order chi connectivity index (χ1) is 11.1. The Balaban J connectivity index is 2.10. The Kier molecular flexibility index (Phi) is 4.79. The summed E-state index contributed by atoms with van der Waals surface area (Å²) in [6, 6.07) is 13.0. The molecule has 0 saturated carbocycles. The van der Waals surface area contributed by atoms with Crippen molar-refractivity contribution in [1.82, 2.24) is 9.88 Å². The average Bonchev–Trinajstić information content (AvgIpc) is 2.90. The average molecular weight is 324 g/mol. The molecule has 0 aliphatic heterocycles. The molecule has 0 radical (unpaired) electrons. The molecule has 0 aliphatic rings. The maximum Gasteiger partial charge on any atom is 0.0476 e. The van der Waals surface area contributed by atoms with Gasteiger partial charge in [0.05, 0.1) is 0 Å². The molecule has 3 rings (SSSR count). The van der Waals surface area contributed by atoms with Gasteiger partial charge in [-0.2, -0.15) is 0 Å². The molecule has 2 nitrogen and oxygen atoms in total. The van der Waals surface area contributed by atoms with Crippen LogP contribution in [0.3, 0.4) is 0 Å². The third kappa shape index (κ3) is 3.46. The molecule has 0 saturated heterocycles. The topological polar surface area (TPSA) is 16.1 Å². The molecule has 0 fully saturated rings. The monoisotopic (exact) mass is 324 g/mol. The lowest BCUT2D eigenvalue weighted by Crippen LogP contribution is -2.15. The molecule has 3 aromatic rings. The lowest BCUT2D eigenvalue weighted by atomic mass is 9.93. The van der Waals surface area contributed by atoms with E-state index in [1.165, 1.54) is 26.1 Å². The number of aromatic nitrogens is 1. The van der Waals surface area contributed by atoms with E-state index in [9.17, 15) is 0 Å². The van der Waals surface area contributed by atoms with E-state index in [-0.39, 0.29) is 0 Å². The largest absolute Gasteiger partial charge is 0.309 e. The second-order valence-electron chi connectivity index (χ2n) is 6.47. The Bertz CT molecular complexity index is 790. The minimum Gasteiger partial charge on any atom is -0.309 e. The Morgan fingerprint density at radius 1 is 1.17 bits per heavy atom. The van der Waals surface area contributed by atoms with Crippen molar-refractivity contribution >= 4 is 21.4 Å². The van der Waals surface area contributed by atoms with Gasteiger partial charge in [-0.1, -0.05) is 25.1 Å². The maximum absolute atomic E-state index is 4.59. The highest BCUT2D eigenvalue weighted by atomic mass is 32.1. The van der Waals surface area contributed by atoms with Crippen molar-refractivity contribution in [1.29, 1.82) is 0 Å². The molecule has 0 bridgehead atoms. The van der Waals surface area contributed by atoms with E-state index in [2.05, 4.69) is 68.2 Å². The summed E-state index contributed by atoms with van der Waals surface area (Å²) >= 11 is 1.95. The zero-order chi connectivity index (χ0) is 16.4. The van der Waals surface area contributed by atoms with Crippen molar-refractivity contribution < 1.29 is 0 Å². The van der Waals surface area contributed by atoms with Crippen molar-refractivity contribution in [2.75, 3.05) is 20.6 Å². The quantitative estimate of drug-likeness (QED) is 0.666. The highest BCUT2D eigenvalue weighted by molar-refractivity contribution is 7.19. The first kappa shape index (κ1) is 16.2. The summed E-state index contributed by atoms with van der Waals surface area (Å²) in [5.74, 6) is 0.324. The van der Waals surface area contributed by atoms with Crippen LogP contribution in [0.4, 0.5) is 0 Å². The zero-order valence-corrected chi connectivity index (χ0v) is 15.2. The van der Waals surface area contributed by atoms with Gasteiger partial charge in [0.1, 0.15) is 0 Å². The minimum absolute atomic E-state index is 0.324. The third-order valence-corrected chi connectivity index (χ3v) is 5.54. The Morgan fingerprint density at radius 2 is 2.00 bits per heavy atom. The summed E-state index contributed by atoms with van der Waals surface area (Å²) in [6.07, 6.45) is 2.99. The molecule has 2 heterocycles. The van der Waals surface area contributed by atoms with E-state index in [0.29, 0.717) is 5.92 Å². The second kappa shape index (κ2) is 6.81. The normalized spacial score (nSPS) is 12.9. The summed E-state index contributed by atoms with van der Waals surface area (Å²) < 4.78 is 1.40. The van der Waals surface area contributed by atoms with Crippen LogP contribution in [-0.4, -0.2) is 30.5 Å². The van der Waals surface area contributed by atoms with Gasteiger partial charge in [0.25, 0.3) is 0 Å². The van der Waals surface area contributed by atoms with Gasteiger partial charge >= 0.3 is 0 Å². The molecular formula is C20H24N2S. The molecule has 1 atom stereocenters. The molecule has 2 aromatic heterocycles. The molecule has 0 spiro atoms. The molecule has 1 aromatic carbocycles. The number of fused-ring (bicyclic) bond motifs is 1. The Morgan fingerprint density at radius 3 is 2.70 bits per heavy atom. The van der Waals surface area contributed by atoms with Crippen LogP contribution in [0.2, 0.25) is 0 Å². The van der Waals surface area contributed by atoms with Gasteiger partial charge in [-0.3, -0.25) is 4.98 Å². The second-order valence-corrected chi connectivity index (χ2v) is 7.60. The number of rotatable bonds is 5. The predicted octanol–water partition coefficient (Wildman–Crippen LogP) is 4.86. The fourth-order valence-electron chi connectivity index (χ4n) is 3.04. The molecule has 120 valence electrons. The molecule has 23 heavy (non-hydrogen) atoms. The van der Waals surface area contributed by atoms with Gasteiger partial charge in [0, 0.05) is 33.9 Å². The van der Waals surface area contributed by atoms with Crippen LogP contribution in [0.25, 0.3) is 10.1 Å². The number of nitrogens with zero attached hydrogens (tertiary/aromatic N) is 2. The van der Waals surface area contributed by atoms with Crippen LogP contribution in [0.1, 0.15) is 34.5 Å². The third-order valence-electron chi connectivity index (χ3n) is 4.31. The lowest BCUT2D eigenvalue weighted by molar-refractivity contribution is 0.414. The van der Waals surface area contributed by atoms with Gasteiger partial charge in [0.2, 0.25) is 0 Å². The van der Waals surface area contributed by atoms with E-state index < -0.39 is 0 Å². The molecular weight excluding hydrogens is 300 g/mol. The molecule has 0 aliphatic carbocycles. The number of thiophene rings is 1. The van der Waals surface area contributed by atoms with Crippen LogP contribution in [-0.2, 0) is 6.42 Å². The first-order valence-electron chi connectivity index (χ1n) is 8.14. The standard InChI is InChI=1S/C20H24N2S/c1-14-8-9-16-19(13-14)23-18(10-12-22(3)4)20(16)15(2)17-7-5-6-11-21-17/h5-9,11,13,15H,10,12H2,1-4H3/t15-/m1/s1. The molecule has 3 heteroatoms. The number of benzene rings is 1. The summed E-state index contributed by atoms with van der Waals surface area (Å²) in [6.45, 7) is 5.52. The number of pyridine rings is 1. The number of hydrogen-bond donors (Lipinski definition) is 0. The highest BCUT2D eigenvalue weighted by Crippen LogP contribution is 2.39. The zero-order valence-electron chi connectivity index (χ0n) is 14.3. The smallest absolute Gasteiger partial charge is 0.0476 e. The van der Waals surface area contributed by atoms with Crippen molar-refractivity contribution in [2.45, 2.75) is 26.2 Å². The van der Waals surface area contributed by atoms with Gasteiger partial charge in [-0.15, -0.1) is 11.3 Å². The molecule has 0 unspecified atom stereocenters. The van der Waals surface area contributed by atoms with Crippen molar-refractivity contribution in [3.8, 4) is 0 Å². The van der Waals surface area contributed by atoms with E-state index in [1.807, 2.05) is 23.6 Å². The Labute approximate surface area is 142 Å². The number of hydrogen-bond acceptors (Lipinski definition) is 3. The number of likely N-dealkylation sites (N-methyl/N-ethyl adjacent to an activating group) is 1. The van der Waals surface area contributed by atoms with E-state index in [1.54, 1.807) is 0 Å². The summed E-state index contributed by atoms with van der Waals surface area (Å²) in [4.78, 5) is 8.34. The van der Waals surface area contributed by atoms with Crippen molar-refractivity contribution in [3.05, 3.63) is 64.3 Å². The Hall–Kier alpha value is -1.71. The number of aryl methyl sites for hydroxylation is 1. The fourth-order valence-corrected chi connectivity index (χ4v) is 4.43. The van der Waals surface area contributed by atoms with Crippen LogP contribution >= 0.6 is 11.3 Å². The first-order valence-corrected chi connectivity index (χ1v) is 8.95.